The monoisotopic (exact) mass is 230 g/mol. The summed E-state index contributed by atoms with van der Waals surface area (Å²) in [4.78, 5) is 11.6. The second kappa shape index (κ2) is 4.74. The summed E-state index contributed by atoms with van der Waals surface area (Å²) < 4.78 is 5.37. The van der Waals surface area contributed by atoms with Crippen molar-refractivity contribution in [3.8, 4) is 0 Å². The molecule has 1 aromatic rings. The number of esters is 1. The molecule has 90 valence electrons. The fraction of sp³-hybridized carbons (Fsp3) is 0.400. The van der Waals surface area contributed by atoms with E-state index in [0.717, 1.165) is 18.4 Å². The maximum absolute atomic E-state index is 11.6. The van der Waals surface area contributed by atoms with Crippen LogP contribution in [0.2, 0.25) is 0 Å². The summed E-state index contributed by atoms with van der Waals surface area (Å²) in [5.41, 5.74) is 2.94. The van der Waals surface area contributed by atoms with E-state index in [9.17, 15) is 4.79 Å². The number of benzene rings is 1. The molecule has 1 fully saturated rings. The van der Waals surface area contributed by atoms with Gasteiger partial charge in [0.05, 0.1) is 5.92 Å². The topological polar surface area (TPSA) is 26.3 Å². The summed E-state index contributed by atoms with van der Waals surface area (Å²) in [5.74, 6) is -0.211. The van der Waals surface area contributed by atoms with Gasteiger partial charge in [0.15, 0.2) is 0 Å². The molecule has 0 bridgehead atoms. The van der Waals surface area contributed by atoms with Gasteiger partial charge in [-0.25, -0.2) is 4.79 Å². The standard InChI is InChI=1S/C15H18O2/c1-4-5-13-14(11(3)15(16)17-13)12-8-6-10(2)7-9-12/h6-9,13-14H,3-5H2,1-2H3/t13-,14+/m1/s1. The van der Waals surface area contributed by atoms with Crippen LogP contribution in [0.5, 0.6) is 0 Å². The Morgan fingerprint density at radius 3 is 2.53 bits per heavy atom. The van der Waals surface area contributed by atoms with Crippen LogP contribution >= 0.6 is 0 Å². The molecular formula is C15H18O2. The number of carbonyl (C=O) groups excluding carboxylic acids is 1. The van der Waals surface area contributed by atoms with Crippen molar-refractivity contribution >= 4 is 5.97 Å². The van der Waals surface area contributed by atoms with Crippen molar-refractivity contribution in [1.29, 1.82) is 0 Å². The van der Waals surface area contributed by atoms with Gasteiger partial charge in [0.2, 0.25) is 0 Å². The molecule has 0 saturated carbocycles. The van der Waals surface area contributed by atoms with Crippen LogP contribution in [0, 0.1) is 6.92 Å². The average Bonchev–Trinajstić information content (AvgIpc) is 2.57. The van der Waals surface area contributed by atoms with Crippen molar-refractivity contribution in [2.75, 3.05) is 0 Å². The first-order chi connectivity index (χ1) is 8.13. The summed E-state index contributed by atoms with van der Waals surface area (Å²) in [6.45, 7) is 8.03. The Balaban J connectivity index is 2.30. The molecule has 17 heavy (non-hydrogen) atoms. The van der Waals surface area contributed by atoms with Gasteiger partial charge in [0.1, 0.15) is 6.10 Å². The molecule has 0 N–H and O–H groups in total. The summed E-state index contributed by atoms with van der Waals surface area (Å²) in [6, 6.07) is 8.26. The van der Waals surface area contributed by atoms with Gasteiger partial charge in [-0.15, -0.1) is 0 Å². The highest BCUT2D eigenvalue weighted by atomic mass is 16.6. The van der Waals surface area contributed by atoms with E-state index >= 15 is 0 Å². The Morgan fingerprint density at radius 1 is 1.29 bits per heavy atom. The molecular weight excluding hydrogens is 212 g/mol. The van der Waals surface area contributed by atoms with Crippen LogP contribution in [0.4, 0.5) is 0 Å². The van der Waals surface area contributed by atoms with Crippen LogP contribution in [0.1, 0.15) is 36.8 Å². The fourth-order valence-corrected chi connectivity index (χ4v) is 2.33. The number of cyclic esters (lactones) is 1. The Bertz CT molecular complexity index is 431. The lowest BCUT2D eigenvalue weighted by molar-refractivity contribution is -0.139. The molecule has 2 heteroatoms. The molecule has 0 amide bonds. The lowest BCUT2D eigenvalue weighted by Crippen LogP contribution is -2.14. The lowest BCUT2D eigenvalue weighted by Gasteiger charge is -2.17. The lowest BCUT2D eigenvalue weighted by atomic mass is 9.87. The van der Waals surface area contributed by atoms with Crippen LogP contribution in [0.3, 0.4) is 0 Å². The van der Waals surface area contributed by atoms with Crippen molar-refractivity contribution in [1.82, 2.24) is 0 Å². The highest BCUT2D eigenvalue weighted by Gasteiger charge is 2.38. The normalized spacial score (nSPS) is 23.9. The van der Waals surface area contributed by atoms with Gasteiger partial charge in [0.25, 0.3) is 0 Å². The van der Waals surface area contributed by atoms with E-state index in [1.165, 1.54) is 5.56 Å². The summed E-state index contributed by atoms with van der Waals surface area (Å²) in [5, 5.41) is 0. The molecule has 0 aromatic heterocycles. The minimum atomic E-state index is -0.242. The Hall–Kier alpha value is -1.57. The van der Waals surface area contributed by atoms with Crippen molar-refractivity contribution in [3.05, 3.63) is 47.5 Å². The van der Waals surface area contributed by atoms with Gasteiger partial charge in [-0.2, -0.15) is 0 Å². The van der Waals surface area contributed by atoms with Gasteiger partial charge in [-0.3, -0.25) is 0 Å². The van der Waals surface area contributed by atoms with Crippen molar-refractivity contribution in [3.63, 3.8) is 0 Å². The fourth-order valence-electron chi connectivity index (χ4n) is 2.33. The van der Waals surface area contributed by atoms with Gasteiger partial charge < -0.3 is 4.74 Å². The smallest absolute Gasteiger partial charge is 0.334 e. The number of hydrogen-bond donors (Lipinski definition) is 0. The average molecular weight is 230 g/mol. The van der Waals surface area contributed by atoms with Crippen molar-refractivity contribution in [2.24, 2.45) is 0 Å². The Morgan fingerprint density at radius 2 is 1.94 bits per heavy atom. The largest absolute Gasteiger partial charge is 0.458 e. The highest BCUT2D eigenvalue weighted by molar-refractivity contribution is 5.92. The quantitative estimate of drug-likeness (QED) is 0.588. The van der Waals surface area contributed by atoms with Gasteiger partial charge in [-0.1, -0.05) is 49.8 Å². The maximum Gasteiger partial charge on any atom is 0.334 e. The molecule has 1 aliphatic rings. The summed E-state index contributed by atoms with van der Waals surface area (Å²) in [6.07, 6.45) is 1.86. The molecule has 2 nitrogen and oxygen atoms in total. The molecule has 1 saturated heterocycles. The Labute approximate surface area is 102 Å². The number of carbonyl (C=O) groups is 1. The molecule has 1 heterocycles. The van der Waals surface area contributed by atoms with E-state index in [-0.39, 0.29) is 18.0 Å². The first-order valence-corrected chi connectivity index (χ1v) is 6.09. The third-order valence-corrected chi connectivity index (χ3v) is 3.28. The zero-order valence-corrected chi connectivity index (χ0v) is 10.4. The van der Waals surface area contributed by atoms with Crippen LogP contribution in [-0.2, 0) is 9.53 Å². The minimum Gasteiger partial charge on any atom is -0.458 e. The second-order valence-electron chi connectivity index (χ2n) is 4.65. The van der Waals surface area contributed by atoms with E-state index < -0.39 is 0 Å². The molecule has 0 radical (unpaired) electrons. The predicted molar refractivity (Wildman–Crippen MR) is 67.8 cm³/mol. The van der Waals surface area contributed by atoms with Crippen LogP contribution in [0.25, 0.3) is 0 Å². The van der Waals surface area contributed by atoms with Crippen LogP contribution < -0.4 is 0 Å². The first-order valence-electron chi connectivity index (χ1n) is 6.09. The van der Waals surface area contributed by atoms with Gasteiger partial charge in [-0.05, 0) is 18.9 Å². The molecule has 0 aliphatic carbocycles. The third kappa shape index (κ3) is 2.26. The summed E-state index contributed by atoms with van der Waals surface area (Å²) in [7, 11) is 0. The van der Waals surface area contributed by atoms with E-state index in [0.29, 0.717) is 5.57 Å². The minimum absolute atomic E-state index is 0.0306. The molecule has 0 unspecified atom stereocenters. The molecule has 1 aromatic carbocycles. The number of ether oxygens (including phenoxy) is 1. The van der Waals surface area contributed by atoms with E-state index in [4.69, 9.17) is 4.74 Å². The van der Waals surface area contributed by atoms with Gasteiger partial charge in [0, 0.05) is 5.57 Å². The predicted octanol–water partition coefficient (Wildman–Crippen LogP) is 3.36. The number of rotatable bonds is 3. The second-order valence-corrected chi connectivity index (χ2v) is 4.65. The zero-order valence-electron chi connectivity index (χ0n) is 10.4. The van der Waals surface area contributed by atoms with Crippen molar-refractivity contribution in [2.45, 2.75) is 38.7 Å². The third-order valence-electron chi connectivity index (χ3n) is 3.28. The highest BCUT2D eigenvalue weighted by Crippen LogP contribution is 2.37. The van der Waals surface area contributed by atoms with Crippen LogP contribution in [-0.4, -0.2) is 12.1 Å². The molecule has 2 atom stereocenters. The number of hydrogen-bond acceptors (Lipinski definition) is 2. The first kappa shape index (κ1) is 11.9. The zero-order chi connectivity index (χ0) is 12.4. The van der Waals surface area contributed by atoms with Crippen LogP contribution in [0.15, 0.2) is 36.4 Å². The Kier molecular flexibility index (Phi) is 3.32. The molecule has 0 spiro atoms. The molecule has 2 rings (SSSR count). The molecule has 1 aliphatic heterocycles. The maximum atomic E-state index is 11.6. The van der Waals surface area contributed by atoms with E-state index in [1.807, 2.05) is 0 Å². The number of aryl methyl sites for hydroxylation is 1. The van der Waals surface area contributed by atoms with Crippen molar-refractivity contribution < 1.29 is 9.53 Å². The van der Waals surface area contributed by atoms with Gasteiger partial charge >= 0.3 is 5.97 Å². The summed E-state index contributed by atoms with van der Waals surface area (Å²) >= 11 is 0. The SMILES string of the molecule is C=C1C(=O)O[C@H](CCC)[C@@H]1c1ccc(C)cc1. The van der Waals surface area contributed by atoms with E-state index in [1.54, 1.807) is 0 Å². The van der Waals surface area contributed by atoms with E-state index in [2.05, 4.69) is 44.7 Å².